The van der Waals surface area contributed by atoms with E-state index in [0.717, 1.165) is 25.9 Å². The van der Waals surface area contributed by atoms with Crippen LogP contribution in [0.15, 0.2) is 60.7 Å². The van der Waals surface area contributed by atoms with Crippen molar-refractivity contribution in [3.05, 3.63) is 71.8 Å². The molecule has 1 aliphatic rings. The molecule has 0 spiro atoms. The van der Waals surface area contributed by atoms with E-state index in [9.17, 15) is 0 Å². The maximum Gasteiger partial charge on any atom is 0.0142 e. The predicted octanol–water partition coefficient (Wildman–Crippen LogP) is 4.68. The molecule has 2 aromatic carbocycles. The Hall–Kier alpha value is -1.31. The van der Waals surface area contributed by atoms with E-state index in [-0.39, 0.29) is 0 Å². The molecule has 0 N–H and O–H groups in total. The lowest BCUT2D eigenvalue weighted by Crippen LogP contribution is -2.30. The predicted molar refractivity (Wildman–Crippen MR) is 84.9 cm³/mol. The smallest absolute Gasteiger partial charge is 0.0142 e. The molecule has 3 rings (SSSR count). The largest absolute Gasteiger partial charge is 0.220 e. The van der Waals surface area contributed by atoms with Gasteiger partial charge < -0.3 is 0 Å². The van der Waals surface area contributed by atoms with Gasteiger partial charge in [0.1, 0.15) is 0 Å². The highest BCUT2D eigenvalue weighted by Crippen LogP contribution is 2.38. The van der Waals surface area contributed by atoms with Crippen molar-refractivity contribution in [2.45, 2.75) is 18.8 Å². The van der Waals surface area contributed by atoms with Crippen molar-refractivity contribution >= 4 is 11.8 Å². The van der Waals surface area contributed by atoms with Crippen LogP contribution in [0.1, 0.15) is 29.9 Å². The zero-order chi connectivity index (χ0) is 13.8. The average molecular weight is 286 g/mol. The fourth-order valence-corrected chi connectivity index (χ4v) is 3.45. The van der Waals surface area contributed by atoms with Gasteiger partial charge in [-0.3, -0.25) is 0 Å². The Morgan fingerprint density at radius 3 is 1.70 bits per heavy atom. The lowest BCUT2D eigenvalue weighted by atomic mass is 9.76. The van der Waals surface area contributed by atoms with Gasteiger partial charge in [-0.25, -0.2) is 4.42 Å². The third kappa shape index (κ3) is 3.05. The molecule has 1 aliphatic heterocycles. The fourth-order valence-electron chi connectivity index (χ4n) is 3.26. The van der Waals surface area contributed by atoms with Crippen LogP contribution >= 0.6 is 11.8 Å². The lowest BCUT2D eigenvalue weighted by molar-refractivity contribution is 0.264. The first-order chi connectivity index (χ1) is 9.84. The summed E-state index contributed by atoms with van der Waals surface area (Å²) in [7, 11) is 0. The molecule has 1 heterocycles. The van der Waals surface area contributed by atoms with Crippen molar-refractivity contribution in [1.29, 1.82) is 0 Å². The van der Waals surface area contributed by atoms with Crippen LogP contribution < -0.4 is 0 Å². The fraction of sp³-hybridized carbons (Fsp3) is 0.333. The Labute approximate surface area is 126 Å². The summed E-state index contributed by atoms with van der Waals surface area (Å²) in [5.41, 5.74) is 2.85. The summed E-state index contributed by atoms with van der Waals surface area (Å²) in [6.45, 7) is 1.98. The standard InChI is InChI=1S/C18H20ClN/c19-20-13-11-17(12-14-20)18(15-7-3-1-4-8-15)16-9-5-2-6-10-16/h1-10,17-18H,11-14H2. The number of rotatable bonds is 3. The van der Waals surface area contributed by atoms with Crippen molar-refractivity contribution in [1.82, 2.24) is 4.42 Å². The Kier molecular flexibility index (Phi) is 4.39. The quantitative estimate of drug-likeness (QED) is 0.740. The molecule has 0 saturated carbocycles. The van der Waals surface area contributed by atoms with Crippen molar-refractivity contribution in [3.63, 3.8) is 0 Å². The lowest BCUT2D eigenvalue weighted by Gasteiger charge is -2.33. The summed E-state index contributed by atoms with van der Waals surface area (Å²) < 4.78 is 1.92. The van der Waals surface area contributed by atoms with E-state index in [4.69, 9.17) is 11.8 Å². The minimum atomic E-state index is 0.489. The molecule has 0 unspecified atom stereocenters. The summed E-state index contributed by atoms with van der Waals surface area (Å²) in [6, 6.07) is 21.8. The van der Waals surface area contributed by atoms with Crippen LogP contribution in [0.4, 0.5) is 0 Å². The van der Waals surface area contributed by atoms with Gasteiger partial charge in [0.25, 0.3) is 0 Å². The third-order valence-corrected chi connectivity index (χ3v) is 4.61. The minimum absolute atomic E-state index is 0.489. The molecular weight excluding hydrogens is 266 g/mol. The Morgan fingerprint density at radius 2 is 1.25 bits per heavy atom. The van der Waals surface area contributed by atoms with Gasteiger partial charge in [-0.2, -0.15) is 0 Å². The Morgan fingerprint density at radius 1 is 0.800 bits per heavy atom. The van der Waals surface area contributed by atoms with Crippen molar-refractivity contribution in [2.75, 3.05) is 13.1 Å². The van der Waals surface area contributed by atoms with Crippen LogP contribution in [0.5, 0.6) is 0 Å². The van der Waals surface area contributed by atoms with Gasteiger partial charge in [0.05, 0.1) is 0 Å². The normalized spacial score (nSPS) is 17.5. The molecule has 20 heavy (non-hydrogen) atoms. The van der Waals surface area contributed by atoms with E-state index in [1.54, 1.807) is 0 Å². The minimum Gasteiger partial charge on any atom is -0.220 e. The van der Waals surface area contributed by atoms with Crippen molar-refractivity contribution < 1.29 is 0 Å². The summed E-state index contributed by atoms with van der Waals surface area (Å²) in [4.78, 5) is 0. The molecule has 0 aliphatic carbocycles. The number of piperidine rings is 1. The van der Waals surface area contributed by atoms with Crippen LogP contribution in [-0.4, -0.2) is 17.5 Å². The number of benzene rings is 2. The average Bonchev–Trinajstić information content (AvgIpc) is 2.52. The number of halogens is 1. The topological polar surface area (TPSA) is 3.24 Å². The molecule has 0 amide bonds. The highest BCUT2D eigenvalue weighted by atomic mass is 35.5. The van der Waals surface area contributed by atoms with E-state index in [1.165, 1.54) is 11.1 Å². The zero-order valence-corrected chi connectivity index (χ0v) is 12.3. The highest BCUT2D eigenvalue weighted by Gasteiger charge is 2.28. The number of hydrogen-bond acceptors (Lipinski definition) is 1. The molecule has 0 bridgehead atoms. The van der Waals surface area contributed by atoms with E-state index >= 15 is 0 Å². The first-order valence-electron chi connectivity index (χ1n) is 7.35. The number of hydrogen-bond donors (Lipinski definition) is 0. The molecule has 1 nitrogen and oxygen atoms in total. The molecule has 0 atom stereocenters. The molecule has 104 valence electrons. The van der Waals surface area contributed by atoms with Gasteiger partial charge in [-0.05, 0) is 41.7 Å². The van der Waals surface area contributed by atoms with E-state index in [1.807, 2.05) is 4.42 Å². The maximum atomic E-state index is 6.11. The third-order valence-electron chi connectivity index (χ3n) is 4.27. The Bertz CT molecular complexity index is 478. The second-order valence-electron chi connectivity index (χ2n) is 5.55. The van der Waals surface area contributed by atoms with E-state index in [2.05, 4.69) is 60.7 Å². The highest BCUT2D eigenvalue weighted by molar-refractivity contribution is 6.13. The summed E-state index contributed by atoms with van der Waals surface area (Å²) in [6.07, 6.45) is 2.33. The zero-order valence-electron chi connectivity index (χ0n) is 11.6. The molecule has 1 saturated heterocycles. The van der Waals surface area contributed by atoms with Gasteiger partial charge >= 0.3 is 0 Å². The molecule has 2 heteroatoms. The van der Waals surface area contributed by atoms with Gasteiger partial charge in [0, 0.05) is 19.0 Å². The molecule has 0 aromatic heterocycles. The second-order valence-corrected chi connectivity index (χ2v) is 6.02. The van der Waals surface area contributed by atoms with Gasteiger partial charge in [-0.1, -0.05) is 60.7 Å². The molecular formula is C18H20ClN. The Balaban J connectivity index is 1.92. The summed E-state index contributed by atoms with van der Waals surface area (Å²) in [5.74, 6) is 1.16. The van der Waals surface area contributed by atoms with Crippen LogP contribution in [-0.2, 0) is 0 Å². The first kappa shape index (κ1) is 13.7. The van der Waals surface area contributed by atoms with Crippen molar-refractivity contribution in [3.8, 4) is 0 Å². The molecule has 0 radical (unpaired) electrons. The maximum absolute atomic E-state index is 6.11. The summed E-state index contributed by atoms with van der Waals surface area (Å²) in [5, 5.41) is 0. The SMILES string of the molecule is ClN1CCC(C(c2ccccc2)c2ccccc2)CC1. The number of nitrogens with zero attached hydrogens (tertiary/aromatic N) is 1. The van der Waals surface area contributed by atoms with Crippen LogP contribution in [0.2, 0.25) is 0 Å². The molecule has 1 fully saturated rings. The van der Waals surface area contributed by atoms with Gasteiger partial charge in [-0.15, -0.1) is 0 Å². The monoisotopic (exact) mass is 285 g/mol. The van der Waals surface area contributed by atoms with Gasteiger partial charge in [0.15, 0.2) is 0 Å². The van der Waals surface area contributed by atoms with Crippen LogP contribution in [0.25, 0.3) is 0 Å². The van der Waals surface area contributed by atoms with E-state index in [0.29, 0.717) is 11.8 Å². The second kappa shape index (κ2) is 6.43. The van der Waals surface area contributed by atoms with Crippen LogP contribution in [0.3, 0.4) is 0 Å². The summed E-state index contributed by atoms with van der Waals surface area (Å²) >= 11 is 6.11. The van der Waals surface area contributed by atoms with Gasteiger partial charge in [0.2, 0.25) is 0 Å². The first-order valence-corrected chi connectivity index (χ1v) is 7.69. The van der Waals surface area contributed by atoms with Crippen molar-refractivity contribution in [2.24, 2.45) is 5.92 Å². The van der Waals surface area contributed by atoms with Crippen LogP contribution in [0, 0.1) is 5.92 Å². The van der Waals surface area contributed by atoms with E-state index < -0.39 is 0 Å². The molecule has 2 aromatic rings.